The van der Waals surface area contributed by atoms with Crippen LogP contribution in [-0.4, -0.2) is 32.0 Å². The number of carbonyl (C=O) groups is 1. The van der Waals surface area contributed by atoms with E-state index < -0.39 is 0 Å². The molecule has 0 saturated heterocycles. The van der Waals surface area contributed by atoms with Gasteiger partial charge in [-0.25, -0.2) is 0 Å². The largest absolute Gasteiger partial charge is 0.497 e. The fourth-order valence-corrected chi connectivity index (χ4v) is 1.49. The van der Waals surface area contributed by atoms with Gasteiger partial charge in [-0.1, -0.05) is 19.1 Å². The van der Waals surface area contributed by atoms with Gasteiger partial charge in [-0.3, -0.25) is 4.79 Å². The van der Waals surface area contributed by atoms with Gasteiger partial charge in [0.1, 0.15) is 5.75 Å². The summed E-state index contributed by atoms with van der Waals surface area (Å²) in [6.07, 6.45) is 0.541. The third-order valence-electron chi connectivity index (χ3n) is 2.66. The molecule has 0 aromatic heterocycles. The van der Waals surface area contributed by atoms with Crippen molar-refractivity contribution in [2.75, 3.05) is 21.2 Å². The minimum atomic E-state index is 0.156. The van der Waals surface area contributed by atoms with E-state index in [0.717, 1.165) is 11.3 Å². The van der Waals surface area contributed by atoms with Gasteiger partial charge in [0.15, 0.2) is 0 Å². The van der Waals surface area contributed by atoms with Crippen molar-refractivity contribution in [1.29, 1.82) is 0 Å². The second kappa shape index (κ2) is 5.54. The summed E-state index contributed by atoms with van der Waals surface area (Å²) < 4.78 is 5.09. The van der Waals surface area contributed by atoms with Crippen LogP contribution < -0.4 is 4.74 Å². The maximum atomic E-state index is 11.6. The molecular weight excluding hydrogens is 202 g/mol. The topological polar surface area (TPSA) is 29.5 Å². The third kappa shape index (κ3) is 3.26. The fraction of sp³-hybridized carbons (Fsp3) is 0.462. The molecule has 88 valence electrons. The molecule has 1 amide bonds. The van der Waals surface area contributed by atoms with Gasteiger partial charge in [0.05, 0.1) is 7.11 Å². The highest BCUT2D eigenvalue weighted by molar-refractivity contribution is 5.76. The van der Waals surface area contributed by atoms with Gasteiger partial charge in [0, 0.05) is 20.5 Å². The number of ether oxygens (including phenoxy) is 1. The van der Waals surface area contributed by atoms with Gasteiger partial charge < -0.3 is 9.64 Å². The molecule has 0 aliphatic rings. The molecule has 0 bridgehead atoms. The Morgan fingerprint density at radius 3 is 2.31 bits per heavy atom. The van der Waals surface area contributed by atoms with Crippen LogP contribution in [0.25, 0.3) is 0 Å². The van der Waals surface area contributed by atoms with E-state index >= 15 is 0 Å². The minimum absolute atomic E-state index is 0.156. The van der Waals surface area contributed by atoms with Crippen LogP contribution >= 0.6 is 0 Å². The zero-order chi connectivity index (χ0) is 12.1. The van der Waals surface area contributed by atoms with Crippen molar-refractivity contribution in [3.63, 3.8) is 0 Å². The van der Waals surface area contributed by atoms with Crippen molar-refractivity contribution in [2.24, 2.45) is 0 Å². The van der Waals surface area contributed by atoms with Crippen molar-refractivity contribution in [3.05, 3.63) is 29.8 Å². The van der Waals surface area contributed by atoms with Crippen molar-refractivity contribution in [3.8, 4) is 5.75 Å². The predicted octanol–water partition coefficient (Wildman–Crippen LogP) is 2.28. The van der Waals surface area contributed by atoms with Crippen molar-refractivity contribution in [2.45, 2.75) is 19.3 Å². The highest BCUT2D eigenvalue weighted by Crippen LogP contribution is 2.22. The lowest BCUT2D eigenvalue weighted by Gasteiger charge is -2.15. The normalized spacial score (nSPS) is 12.0. The number of carbonyl (C=O) groups excluding carboxylic acids is 1. The van der Waals surface area contributed by atoms with E-state index in [1.54, 1.807) is 26.1 Å². The molecule has 0 saturated carbocycles. The van der Waals surface area contributed by atoms with E-state index in [-0.39, 0.29) is 11.8 Å². The molecule has 0 radical (unpaired) electrons. The van der Waals surface area contributed by atoms with Crippen LogP contribution in [0.2, 0.25) is 0 Å². The summed E-state index contributed by atoms with van der Waals surface area (Å²) in [5.41, 5.74) is 1.16. The van der Waals surface area contributed by atoms with Crippen molar-refractivity contribution in [1.82, 2.24) is 4.90 Å². The SMILES string of the molecule is COc1ccc(C(C)CC(=O)N(C)C)cc1. The number of nitrogens with zero attached hydrogens (tertiary/aromatic N) is 1. The molecule has 1 unspecified atom stereocenters. The summed E-state index contributed by atoms with van der Waals surface area (Å²) in [5, 5.41) is 0. The van der Waals surface area contributed by atoms with Gasteiger partial charge in [0.25, 0.3) is 0 Å². The summed E-state index contributed by atoms with van der Waals surface area (Å²) in [4.78, 5) is 13.2. The first-order valence-corrected chi connectivity index (χ1v) is 5.38. The Balaban J connectivity index is 2.65. The number of methoxy groups -OCH3 is 1. The second-order valence-corrected chi connectivity index (χ2v) is 4.17. The Morgan fingerprint density at radius 2 is 1.88 bits per heavy atom. The molecule has 1 aromatic rings. The fourth-order valence-electron chi connectivity index (χ4n) is 1.49. The quantitative estimate of drug-likeness (QED) is 0.780. The molecule has 3 nitrogen and oxygen atoms in total. The van der Waals surface area contributed by atoms with Crippen LogP contribution in [0.3, 0.4) is 0 Å². The predicted molar refractivity (Wildman–Crippen MR) is 64.7 cm³/mol. The van der Waals surface area contributed by atoms with E-state index in [9.17, 15) is 4.79 Å². The Hall–Kier alpha value is -1.51. The maximum Gasteiger partial charge on any atom is 0.222 e. The molecule has 3 heteroatoms. The van der Waals surface area contributed by atoms with Gasteiger partial charge in [-0.2, -0.15) is 0 Å². The van der Waals surface area contributed by atoms with Crippen molar-refractivity contribution < 1.29 is 9.53 Å². The van der Waals surface area contributed by atoms with Gasteiger partial charge in [-0.15, -0.1) is 0 Å². The van der Waals surface area contributed by atoms with Gasteiger partial charge in [-0.05, 0) is 23.6 Å². The van der Waals surface area contributed by atoms with Crippen LogP contribution in [0.1, 0.15) is 24.8 Å². The molecule has 0 N–H and O–H groups in total. The molecule has 0 spiro atoms. The van der Waals surface area contributed by atoms with Crippen LogP contribution in [0, 0.1) is 0 Å². The Kier molecular flexibility index (Phi) is 4.35. The standard InChI is InChI=1S/C13H19NO2/c1-10(9-13(15)14(2)3)11-5-7-12(16-4)8-6-11/h5-8,10H,9H2,1-4H3. The lowest BCUT2D eigenvalue weighted by atomic mass is 9.97. The lowest BCUT2D eigenvalue weighted by Crippen LogP contribution is -2.22. The minimum Gasteiger partial charge on any atom is -0.497 e. The number of benzene rings is 1. The Bertz CT molecular complexity index is 343. The summed E-state index contributed by atoms with van der Waals surface area (Å²) >= 11 is 0. The van der Waals surface area contributed by atoms with E-state index in [1.807, 2.05) is 24.3 Å². The number of rotatable bonds is 4. The first kappa shape index (κ1) is 12.6. The Morgan fingerprint density at radius 1 is 1.31 bits per heavy atom. The van der Waals surface area contributed by atoms with Crippen molar-refractivity contribution >= 4 is 5.91 Å². The molecule has 1 atom stereocenters. The van der Waals surface area contributed by atoms with Crippen LogP contribution in [0.15, 0.2) is 24.3 Å². The summed E-state index contributed by atoms with van der Waals surface area (Å²) in [6.45, 7) is 2.06. The first-order valence-electron chi connectivity index (χ1n) is 5.38. The molecule has 16 heavy (non-hydrogen) atoms. The van der Waals surface area contributed by atoms with E-state index in [2.05, 4.69) is 6.92 Å². The monoisotopic (exact) mass is 221 g/mol. The number of amides is 1. The van der Waals surface area contributed by atoms with E-state index in [1.165, 1.54) is 0 Å². The molecule has 0 aliphatic carbocycles. The van der Waals surface area contributed by atoms with Crippen LogP contribution in [0.5, 0.6) is 5.75 Å². The zero-order valence-corrected chi connectivity index (χ0v) is 10.4. The van der Waals surface area contributed by atoms with Crippen LogP contribution in [0.4, 0.5) is 0 Å². The van der Waals surface area contributed by atoms with E-state index in [0.29, 0.717) is 6.42 Å². The highest BCUT2D eigenvalue weighted by atomic mass is 16.5. The molecule has 0 aliphatic heterocycles. The molecular formula is C13H19NO2. The lowest BCUT2D eigenvalue weighted by molar-refractivity contribution is -0.129. The number of hydrogen-bond donors (Lipinski definition) is 0. The summed E-state index contributed by atoms with van der Waals surface area (Å²) in [7, 11) is 5.21. The van der Waals surface area contributed by atoms with Gasteiger partial charge >= 0.3 is 0 Å². The molecule has 1 aromatic carbocycles. The summed E-state index contributed by atoms with van der Waals surface area (Å²) in [6, 6.07) is 7.86. The summed E-state index contributed by atoms with van der Waals surface area (Å²) in [5.74, 6) is 1.24. The number of hydrogen-bond acceptors (Lipinski definition) is 2. The molecule has 1 rings (SSSR count). The van der Waals surface area contributed by atoms with Crippen LogP contribution in [-0.2, 0) is 4.79 Å². The zero-order valence-electron chi connectivity index (χ0n) is 10.4. The smallest absolute Gasteiger partial charge is 0.222 e. The second-order valence-electron chi connectivity index (χ2n) is 4.17. The highest BCUT2D eigenvalue weighted by Gasteiger charge is 2.12. The third-order valence-corrected chi connectivity index (χ3v) is 2.66. The van der Waals surface area contributed by atoms with E-state index in [4.69, 9.17) is 4.74 Å². The molecule has 0 fully saturated rings. The first-order chi connectivity index (χ1) is 7.54. The average Bonchev–Trinajstić information content (AvgIpc) is 2.28. The van der Waals surface area contributed by atoms with Gasteiger partial charge in [0.2, 0.25) is 5.91 Å². The Labute approximate surface area is 97.0 Å². The average molecular weight is 221 g/mol. The molecule has 0 heterocycles. The maximum absolute atomic E-state index is 11.6.